The Hall–Kier alpha value is -0.570. The van der Waals surface area contributed by atoms with Crippen molar-refractivity contribution in [3.8, 4) is 0 Å². The van der Waals surface area contributed by atoms with Crippen LogP contribution in [0.2, 0.25) is 0 Å². The molecule has 0 radical (unpaired) electrons. The first-order valence-corrected chi connectivity index (χ1v) is 6.84. The second kappa shape index (κ2) is 5.17. The third-order valence-corrected chi connectivity index (χ3v) is 4.01. The predicted molar refractivity (Wildman–Crippen MR) is 65.0 cm³/mol. The van der Waals surface area contributed by atoms with E-state index in [0.29, 0.717) is 18.0 Å². The van der Waals surface area contributed by atoms with E-state index in [1.165, 1.54) is 25.7 Å². The largest absolute Gasteiger partial charge is 0.326 e. The fraction of sp³-hybridized carbons (Fsp3) is 0.923. The second-order valence-corrected chi connectivity index (χ2v) is 5.15. The normalized spacial score (nSPS) is 31.6. The molecule has 0 aromatic heterocycles. The highest BCUT2D eigenvalue weighted by Crippen LogP contribution is 2.32. The summed E-state index contributed by atoms with van der Waals surface area (Å²) in [5, 5.41) is 3.54. The van der Waals surface area contributed by atoms with Gasteiger partial charge in [0.25, 0.3) is 0 Å². The van der Waals surface area contributed by atoms with Gasteiger partial charge in [0.2, 0.25) is 5.91 Å². The molecule has 3 heteroatoms. The maximum atomic E-state index is 12.2. The molecule has 1 N–H and O–H groups in total. The lowest BCUT2D eigenvalue weighted by molar-refractivity contribution is -0.130. The van der Waals surface area contributed by atoms with Gasteiger partial charge in [0.15, 0.2) is 0 Å². The second-order valence-electron chi connectivity index (χ2n) is 5.15. The summed E-state index contributed by atoms with van der Waals surface area (Å²) in [7, 11) is 0. The Morgan fingerprint density at radius 2 is 2.00 bits per heavy atom. The Morgan fingerprint density at radius 1 is 1.31 bits per heavy atom. The fourth-order valence-corrected chi connectivity index (χ4v) is 3.15. The minimum absolute atomic E-state index is 0.0807. The zero-order chi connectivity index (χ0) is 11.5. The highest BCUT2D eigenvalue weighted by atomic mass is 16.2. The molecule has 1 aliphatic heterocycles. The summed E-state index contributed by atoms with van der Waals surface area (Å²) in [6.07, 6.45) is 7.58. The van der Waals surface area contributed by atoms with Crippen molar-refractivity contribution in [2.45, 2.75) is 64.6 Å². The minimum atomic E-state index is 0.0807. The minimum Gasteiger partial charge on any atom is -0.326 e. The Kier molecular flexibility index (Phi) is 3.85. The third-order valence-electron chi connectivity index (χ3n) is 4.01. The summed E-state index contributed by atoms with van der Waals surface area (Å²) in [6.45, 7) is 5.17. The molecule has 0 aromatic carbocycles. The smallest absolute Gasteiger partial charge is 0.241 e. The van der Waals surface area contributed by atoms with E-state index in [1.54, 1.807) is 0 Å². The van der Waals surface area contributed by atoms with Crippen LogP contribution in [0.15, 0.2) is 0 Å². The lowest BCUT2D eigenvalue weighted by Crippen LogP contribution is -2.42. The van der Waals surface area contributed by atoms with E-state index in [-0.39, 0.29) is 6.04 Å². The van der Waals surface area contributed by atoms with E-state index in [4.69, 9.17) is 0 Å². The standard InChI is InChI=1S/C13H24N2O/c1-3-9-15-12(10-7-5-6-8-10)14-11(4-2)13(15)16/h10-12,14H,3-9H2,1-2H3. The van der Waals surface area contributed by atoms with E-state index >= 15 is 0 Å². The van der Waals surface area contributed by atoms with Gasteiger partial charge in [-0.25, -0.2) is 0 Å². The number of nitrogens with zero attached hydrogens (tertiary/aromatic N) is 1. The molecule has 0 aromatic rings. The topological polar surface area (TPSA) is 32.3 Å². The number of amides is 1. The first-order valence-electron chi connectivity index (χ1n) is 6.84. The zero-order valence-electron chi connectivity index (χ0n) is 10.5. The van der Waals surface area contributed by atoms with Crippen LogP contribution in [0.3, 0.4) is 0 Å². The van der Waals surface area contributed by atoms with Gasteiger partial charge in [-0.2, -0.15) is 0 Å². The van der Waals surface area contributed by atoms with Crippen molar-refractivity contribution in [2.24, 2.45) is 5.92 Å². The van der Waals surface area contributed by atoms with E-state index in [0.717, 1.165) is 19.4 Å². The Labute approximate surface area is 98.6 Å². The van der Waals surface area contributed by atoms with Gasteiger partial charge < -0.3 is 4.90 Å². The van der Waals surface area contributed by atoms with Crippen molar-refractivity contribution in [3.63, 3.8) is 0 Å². The van der Waals surface area contributed by atoms with Crippen LogP contribution in [0, 0.1) is 5.92 Å². The number of hydrogen-bond donors (Lipinski definition) is 1. The molecule has 0 spiro atoms. The van der Waals surface area contributed by atoms with Crippen LogP contribution in [0.5, 0.6) is 0 Å². The molecule has 16 heavy (non-hydrogen) atoms. The van der Waals surface area contributed by atoms with Crippen molar-refractivity contribution in [1.29, 1.82) is 0 Å². The van der Waals surface area contributed by atoms with Gasteiger partial charge in [0.05, 0.1) is 12.2 Å². The number of carbonyl (C=O) groups excluding carboxylic acids is 1. The number of rotatable bonds is 4. The molecule has 1 amide bonds. The molecule has 3 nitrogen and oxygen atoms in total. The first-order chi connectivity index (χ1) is 7.77. The van der Waals surface area contributed by atoms with E-state index in [1.807, 2.05) is 0 Å². The molecule has 1 saturated carbocycles. The lowest BCUT2D eigenvalue weighted by atomic mass is 10.0. The molecule has 2 rings (SSSR count). The highest BCUT2D eigenvalue weighted by Gasteiger charge is 2.41. The van der Waals surface area contributed by atoms with Crippen molar-refractivity contribution in [1.82, 2.24) is 10.2 Å². The zero-order valence-corrected chi connectivity index (χ0v) is 10.5. The quantitative estimate of drug-likeness (QED) is 0.793. The summed E-state index contributed by atoms with van der Waals surface area (Å²) < 4.78 is 0. The fourth-order valence-electron chi connectivity index (χ4n) is 3.15. The summed E-state index contributed by atoms with van der Waals surface area (Å²) in [5.41, 5.74) is 0. The van der Waals surface area contributed by atoms with Crippen LogP contribution in [-0.2, 0) is 4.79 Å². The molecule has 2 unspecified atom stereocenters. The summed E-state index contributed by atoms with van der Waals surface area (Å²) in [6, 6.07) is 0.0807. The Bertz CT molecular complexity index is 248. The van der Waals surface area contributed by atoms with Gasteiger partial charge in [-0.3, -0.25) is 10.1 Å². The SMILES string of the molecule is CCCN1C(=O)C(CC)NC1C1CCCC1. The van der Waals surface area contributed by atoms with Crippen molar-refractivity contribution >= 4 is 5.91 Å². The van der Waals surface area contributed by atoms with Crippen molar-refractivity contribution in [3.05, 3.63) is 0 Å². The van der Waals surface area contributed by atoms with Crippen LogP contribution < -0.4 is 5.32 Å². The number of nitrogens with one attached hydrogen (secondary N) is 1. The first kappa shape index (κ1) is 11.9. The lowest BCUT2D eigenvalue weighted by Gasteiger charge is -2.28. The molecule has 2 fully saturated rings. The van der Waals surface area contributed by atoms with Crippen LogP contribution in [0.1, 0.15) is 52.4 Å². The van der Waals surface area contributed by atoms with Crippen LogP contribution in [0.25, 0.3) is 0 Å². The molecular weight excluding hydrogens is 200 g/mol. The monoisotopic (exact) mass is 224 g/mol. The van der Waals surface area contributed by atoms with Gasteiger partial charge in [0, 0.05) is 6.54 Å². The molecule has 0 bridgehead atoms. The summed E-state index contributed by atoms with van der Waals surface area (Å²) in [4.78, 5) is 14.3. The summed E-state index contributed by atoms with van der Waals surface area (Å²) >= 11 is 0. The predicted octanol–water partition coefficient (Wildman–Crippen LogP) is 2.12. The molecule has 1 saturated heterocycles. The molecule has 92 valence electrons. The molecule has 1 heterocycles. The average molecular weight is 224 g/mol. The van der Waals surface area contributed by atoms with Gasteiger partial charge in [0.1, 0.15) is 0 Å². The highest BCUT2D eigenvalue weighted by molar-refractivity contribution is 5.84. The third kappa shape index (κ3) is 2.10. The number of hydrogen-bond acceptors (Lipinski definition) is 2. The molecule has 2 atom stereocenters. The van der Waals surface area contributed by atoms with E-state index in [9.17, 15) is 4.79 Å². The van der Waals surface area contributed by atoms with Gasteiger partial charge in [-0.05, 0) is 31.6 Å². The van der Waals surface area contributed by atoms with E-state index in [2.05, 4.69) is 24.1 Å². The average Bonchev–Trinajstić information content (AvgIpc) is 2.89. The summed E-state index contributed by atoms with van der Waals surface area (Å²) in [5.74, 6) is 1.04. The molecule has 2 aliphatic rings. The molecular formula is C13H24N2O. The van der Waals surface area contributed by atoms with Crippen LogP contribution in [0.4, 0.5) is 0 Å². The maximum Gasteiger partial charge on any atom is 0.241 e. The van der Waals surface area contributed by atoms with Crippen LogP contribution in [-0.4, -0.2) is 29.6 Å². The van der Waals surface area contributed by atoms with Gasteiger partial charge in [-0.1, -0.05) is 26.7 Å². The van der Waals surface area contributed by atoms with E-state index < -0.39 is 0 Å². The Morgan fingerprint density at radius 3 is 2.56 bits per heavy atom. The molecule has 1 aliphatic carbocycles. The maximum absolute atomic E-state index is 12.2. The van der Waals surface area contributed by atoms with Gasteiger partial charge in [-0.15, -0.1) is 0 Å². The van der Waals surface area contributed by atoms with Crippen molar-refractivity contribution < 1.29 is 4.79 Å². The van der Waals surface area contributed by atoms with Gasteiger partial charge >= 0.3 is 0 Å². The van der Waals surface area contributed by atoms with Crippen LogP contribution >= 0.6 is 0 Å². The number of carbonyl (C=O) groups is 1. The Balaban J connectivity index is 2.06. The van der Waals surface area contributed by atoms with Crippen molar-refractivity contribution in [2.75, 3.05) is 6.54 Å².